The minimum Gasteiger partial charge on any atom is -0.387 e. The highest BCUT2D eigenvalue weighted by Gasteiger charge is 2.40. The van der Waals surface area contributed by atoms with Crippen molar-refractivity contribution in [2.24, 2.45) is 0 Å². The summed E-state index contributed by atoms with van der Waals surface area (Å²) >= 11 is 0. The van der Waals surface area contributed by atoms with Gasteiger partial charge in [0.15, 0.2) is 11.3 Å². The first-order chi connectivity index (χ1) is 38.2. The van der Waals surface area contributed by atoms with Gasteiger partial charge in [-0.25, -0.2) is 27.8 Å². The van der Waals surface area contributed by atoms with E-state index in [0.717, 1.165) is 50.9 Å². The Balaban J connectivity index is 0.000000169. The van der Waals surface area contributed by atoms with E-state index in [9.17, 15) is 38.2 Å². The molecule has 80 heavy (non-hydrogen) atoms. The van der Waals surface area contributed by atoms with Gasteiger partial charge in [-0.2, -0.15) is 10.2 Å². The highest BCUT2D eigenvalue weighted by atomic mass is 19.1. The highest BCUT2D eigenvalue weighted by molar-refractivity contribution is 6.11. The van der Waals surface area contributed by atoms with Gasteiger partial charge in [0, 0.05) is 100 Å². The molecular weight excluding hydrogens is 1030 g/mol. The number of ether oxygens (including phenoxy) is 2. The zero-order valence-electron chi connectivity index (χ0n) is 45.8. The van der Waals surface area contributed by atoms with E-state index in [1.807, 2.05) is 24.3 Å². The standard InChI is InChI=1S/2C28H34FN7O4/c2*1-17-12-33(7-8-35(17)19-15-40-16-19)23-10-20-18(13-34(27(20)38)14-24(29)28(2,3)39)9-22(23)32-26(37)21-11-31-36-6-4-5-30-25(21)36/h2*4-6,9-11,17,19,24,39H,7-8,12-16H2,1-3H3,(H,32,37)/t17-,24+;17-,24-/m01/s1. The third-order valence-corrected chi connectivity index (χ3v) is 16.3. The third-order valence-electron chi connectivity index (χ3n) is 16.3. The van der Waals surface area contributed by atoms with E-state index in [2.05, 4.69) is 64.2 Å². The van der Waals surface area contributed by atoms with Crippen molar-refractivity contribution in [3.05, 3.63) is 107 Å². The predicted molar refractivity (Wildman–Crippen MR) is 293 cm³/mol. The van der Waals surface area contributed by atoms with Crippen LogP contribution < -0.4 is 20.4 Å². The number of carbonyl (C=O) groups is 4. The number of hydrogen-bond acceptors (Lipinski definition) is 16. The summed E-state index contributed by atoms with van der Waals surface area (Å²) in [7, 11) is 0. The Morgan fingerprint density at radius 3 is 1.40 bits per heavy atom. The molecule has 2 aromatic carbocycles. The van der Waals surface area contributed by atoms with Gasteiger partial charge in [0.05, 0.1) is 97.9 Å². The molecule has 10 heterocycles. The topological polar surface area (TPSA) is 231 Å². The Kier molecular flexibility index (Phi) is 14.8. The van der Waals surface area contributed by atoms with Gasteiger partial charge in [0.25, 0.3) is 23.6 Å². The second kappa shape index (κ2) is 21.7. The molecule has 4 amide bonds. The van der Waals surface area contributed by atoms with E-state index in [1.165, 1.54) is 58.9 Å². The van der Waals surface area contributed by atoms with Crippen LogP contribution in [0.5, 0.6) is 0 Å². The summed E-state index contributed by atoms with van der Waals surface area (Å²) in [4.78, 5) is 74.3. The average Bonchev–Trinajstić information content (AvgIpc) is 4.20. The molecule has 22 nitrogen and oxygen atoms in total. The predicted octanol–water partition coefficient (Wildman–Crippen LogP) is 3.91. The lowest BCUT2D eigenvalue weighted by Gasteiger charge is -2.47. The van der Waals surface area contributed by atoms with Crippen LogP contribution in [-0.4, -0.2) is 209 Å². The summed E-state index contributed by atoms with van der Waals surface area (Å²) in [6.07, 6.45) is 6.42. The first kappa shape index (κ1) is 54.7. The number of hydrogen-bond donors (Lipinski definition) is 4. The van der Waals surface area contributed by atoms with E-state index in [0.29, 0.717) is 94.3 Å². The molecule has 12 rings (SSSR count). The van der Waals surface area contributed by atoms with E-state index in [1.54, 1.807) is 36.9 Å². The van der Waals surface area contributed by atoms with Crippen LogP contribution in [-0.2, 0) is 22.6 Å². The normalized spacial score (nSPS) is 21.0. The quantitative estimate of drug-likeness (QED) is 0.121. The molecule has 0 bridgehead atoms. The monoisotopic (exact) mass is 1100 g/mol. The molecule has 6 aliphatic rings. The molecule has 0 radical (unpaired) electrons. The van der Waals surface area contributed by atoms with Gasteiger partial charge < -0.3 is 49.9 Å². The summed E-state index contributed by atoms with van der Waals surface area (Å²) in [5.74, 6) is -1.29. The highest BCUT2D eigenvalue weighted by Crippen LogP contribution is 2.39. The maximum Gasteiger partial charge on any atom is 0.261 e. The van der Waals surface area contributed by atoms with Crippen molar-refractivity contribution in [2.45, 2.75) is 102 Å². The van der Waals surface area contributed by atoms with Crippen molar-refractivity contribution >= 4 is 57.7 Å². The smallest absolute Gasteiger partial charge is 0.261 e. The molecule has 0 aliphatic carbocycles. The van der Waals surface area contributed by atoms with Crippen molar-refractivity contribution in [3.63, 3.8) is 0 Å². The van der Waals surface area contributed by atoms with Gasteiger partial charge in [0.1, 0.15) is 23.5 Å². The molecule has 0 saturated carbocycles. The molecule has 424 valence electrons. The fourth-order valence-electron chi connectivity index (χ4n) is 11.3. The number of alkyl halides is 2. The molecule has 24 heteroatoms. The largest absolute Gasteiger partial charge is 0.387 e. The molecule has 0 unspecified atom stereocenters. The average molecular weight is 1100 g/mol. The Labute approximate surface area is 461 Å². The summed E-state index contributed by atoms with van der Waals surface area (Å²) in [5, 5.41) is 34.7. The number of carbonyl (C=O) groups excluding carboxylic acids is 4. The SMILES string of the molecule is C[C@@H]1CN(c2cc3c(cc2NC(=O)c2cnn4cccnc24)CN(C[C@@H](F)C(C)(C)O)C3=O)CCN1C1COC1.C[C@H]1CN(c2cc3c(cc2NC(=O)c2cnn4cccnc24)CN(C[C@@H](F)C(C)(C)O)C3=O)CCN1C1COC1. The van der Waals surface area contributed by atoms with Crippen LogP contribution >= 0.6 is 0 Å². The third kappa shape index (κ3) is 10.8. The fourth-order valence-corrected chi connectivity index (χ4v) is 11.3. The lowest BCUT2D eigenvalue weighted by molar-refractivity contribution is -0.0792. The van der Waals surface area contributed by atoms with Crippen molar-refractivity contribution < 1.29 is 47.6 Å². The Morgan fingerprint density at radius 1 is 0.650 bits per heavy atom. The molecule has 6 aromatic rings. The van der Waals surface area contributed by atoms with Crippen LogP contribution in [0.1, 0.15) is 94.1 Å². The lowest BCUT2D eigenvalue weighted by Crippen LogP contribution is -2.60. The van der Waals surface area contributed by atoms with E-state index in [-0.39, 0.29) is 61.9 Å². The van der Waals surface area contributed by atoms with Crippen molar-refractivity contribution in [1.29, 1.82) is 0 Å². The summed E-state index contributed by atoms with van der Waals surface area (Å²) < 4.78 is 43.3. The number of rotatable bonds is 14. The van der Waals surface area contributed by atoms with Crippen molar-refractivity contribution in [3.8, 4) is 0 Å². The van der Waals surface area contributed by atoms with Crippen LogP contribution in [0.2, 0.25) is 0 Å². The van der Waals surface area contributed by atoms with Gasteiger partial charge in [-0.1, -0.05) is 0 Å². The molecule has 4 N–H and O–H groups in total. The van der Waals surface area contributed by atoms with Gasteiger partial charge in [-0.3, -0.25) is 29.0 Å². The Hall–Kier alpha value is -7.22. The number of nitrogens with zero attached hydrogens (tertiary/aromatic N) is 12. The van der Waals surface area contributed by atoms with Gasteiger partial charge in [-0.05, 0) is 89.1 Å². The maximum atomic E-state index is 14.7. The Morgan fingerprint density at radius 2 is 1.05 bits per heavy atom. The minimum absolute atomic E-state index is 0.192. The summed E-state index contributed by atoms with van der Waals surface area (Å²) in [6, 6.07) is 12.0. The number of halogens is 2. The molecular formula is C56H68F2N14O8. The number of fused-ring (bicyclic) bond motifs is 4. The number of amides is 4. The first-order valence-electron chi connectivity index (χ1n) is 27.2. The maximum absolute atomic E-state index is 14.7. The van der Waals surface area contributed by atoms with Crippen molar-refractivity contribution in [2.75, 3.05) is 99.2 Å². The molecule has 0 spiro atoms. The van der Waals surface area contributed by atoms with Gasteiger partial charge in [-0.15, -0.1) is 0 Å². The molecule has 4 atom stereocenters. The van der Waals surface area contributed by atoms with Gasteiger partial charge in [0.2, 0.25) is 0 Å². The number of aromatic nitrogens is 6. The van der Waals surface area contributed by atoms with Crippen LogP contribution in [0.4, 0.5) is 31.5 Å². The van der Waals surface area contributed by atoms with Crippen molar-refractivity contribution in [1.82, 2.24) is 48.8 Å². The number of nitrogens with one attached hydrogen (secondary N) is 2. The van der Waals surface area contributed by atoms with E-state index in [4.69, 9.17) is 9.47 Å². The first-order valence-corrected chi connectivity index (χ1v) is 27.2. The molecule has 4 fully saturated rings. The summed E-state index contributed by atoms with van der Waals surface area (Å²) in [5.41, 5.74) is 3.39. The fraction of sp³-hybridized carbons (Fsp3) is 0.500. The van der Waals surface area contributed by atoms with Crippen LogP contribution in [0, 0.1) is 0 Å². The zero-order chi connectivity index (χ0) is 56.4. The van der Waals surface area contributed by atoms with Crippen LogP contribution in [0.3, 0.4) is 0 Å². The molecule has 4 saturated heterocycles. The second-order valence-electron chi connectivity index (χ2n) is 22.9. The van der Waals surface area contributed by atoms with Gasteiger partial charge >= 0.3 is 0 Å². The van der Waals surface area contributed by atoms with Crippen LogP contribution in [0.25, 0.3) is 11.3 Å². The number of anilines is 4. The Bertz CT molecular complexity index is 3120. The lowest BCUT2D eigenvalue weighted by atomic mass is 10.0. The zero-order valence-corrected chi connectivity index (χ0v) is 45.8. The second-order valence-corrected chi connectivity index (χ2v) is 22.9. The van der Waals surface area contributed by atoms with E-state index >= 15 is 0 Å². The minimum atomic E-state index is -1.60. The van der Waals surface area contributed by atoms with Crippen LogP contribution in [0.15, 0.2) is 73.6 Å². The summed E-state index contributed by atoms with van der Waals surface area (Å²) in [6.45, 7) is 17.3. The number of aliphatic hydroxyl groups is 2. The molecule has 6 aliphatic heterocycles. The number of piperazine rings is 2. The van der Waals surface area contributed by atoms with E-state index < -0.39 is 23.5 Å². The molecule has 4 aromatic heterocycles. The number of benzene rings is 2.